The molecule has 0 amide bonds. The van der Waals surface area contributed by atoms with Gasteiger partial charge in [0.2, 0.25) is 0 Å². The molecule has 7 heteroatoms. The maximum Gasteiger partial charge on any atom is 0.307 e. The summed E-state index contributed by atoms with van der Waals surface area (Å²) in [5, 5.41) is 22.1. The molecule has 0 heterocycles. The molecule has 0 aliphatic carbocycles. The SMILES string of the molecule is C[N+](C)(CCC[NH2+]CCC[NH3+])Cc1ccc(-c2ccc(CC(C(=O)O)C(Cc3ccccc3)C(=O)O)cc2)cc1. The third-order valence-electron chi connectivity index (χ3n) is 7.56. The Morgan fingerprint density at radius 2 is 1.20 bits per heavy atom. The zero-order chi connectivity index (χ0) is 29.0. The quantitative estimate of drug-likeness (QED) is 0.153. The molecule has 0 aromatic heterocycles. The Balaban J connectivity index is 1.60. The van der Waals surface area contributed by atoms with Crippen LogP contribution < -0.4 is 11.1 Å². The average Bonchev–Trinajstić information content (AvgIpc) is 2.93. The van der Waals surface area contributed by atoms with E-state index >= 15 is 0 Å². The summed E-state index contributed by atoms with van der Waals surface area (Å²) in [7, 11) is 4.56. The van der Waals surface area contributed by atoms with Gasteiger partial charge in [-0.15, -0.1) is 0 Å². The zero-order valence-electron chi connectivity index (χ0n) is 24.0. The molecule has 2 atom stereocenters. The standard InChI is InChI=1S/C33H43N3O4/c1-36(2,21-7-20-35-19-6-18-34)24-27-12-16-29(17-13-27)28-14-10-26(11-15-28)23-31(33(39)40)30(32(37)38)22-25-8-4-3-5-9-25/h3-5,8-17,30-31,35H,6-7,18-24,34H2,1-2H3,(H-,37,38,39,40)/p+3. The van der Waals surface area contributed by atoms with E-state index in [1.54, 1.807) is 0 Å². The number of nitrogens with two attached hydrogens (primary N) is 1. The van der Waals surface area contributed by atoms with E-state index in [-0.39, 0.29) is 12.8 Å². The third kappa shape index (κ3) is 9.90. The molecule has 2 unspecified atom stereocenters. The van der Waals surface area contributed by atoms with Gasteiger partial charge in [-0.1, -0.05) is 78.9 Å². The van der Waals surface area contributed by atoms with Crippen LogP contribution in [0.15, 0.2) is 78.9 Å². The minimum atomic E-state index is -1.09. The second-order valence-electron chi connectivity index (χ2n) is 11.4. The lowest BCUT2D eigenvalue weighted by atomic mass is 9.82. The second-order valence-corrected chi connectivity index (χ2v) is 11.4. The minimum Gasteiger partial charge on any atom is -0.481 e. The van der Waals surface area contributed by atoms with E-state index in [0.717, 1.165) is 59.5 Å². The Hall–Kier alpha value is -3.52. The molecule has 3 rings (SSSR count). The average molecular weight is 549 g/mol. The molecule has 3 aromatic rings. The van der Waals surface area contributed by atoms with E-state index in [4.69, 9.17) is 0 Å². The number of aliphatic carboxylic acids is 2. The lowest BCUT2D eigenvalue weighted by Gasteiger charge is -2.29. The highest BCUT2D eigenvalue weighted by atomic mass is 16.4. The molecule has 0 aliphatic rings. The second kappa shape index (κ2) is 15.3. The summed E-state index contributed by atoms with van der Waals surface area (Å²) in [4.78, 5) is 24.1. The number of carboxylic acid groups (broad SMARTS) is 2. The Morgan fingerprint density at radius 3 is 1.70 bits per heavy atom. The molecule has 7 N–H and O–H groups in total. The van der Waals surface area contributed by atoms with Gasteiger partial charge in [0.05, 0.1) is 52.1 Å². The monoisotopic (exact) mass is 548 g/mol. The molecule has 0 spiro atoms. The molecular formula is C33H46N3O4+3. The number of hydrogen-bond acceptors (Lipinski definition) is 2. The highest BCUT2D eigenvalue weighted by Gasteiger charge is 2.34. The van der Waals surface area contributed by atoms with Crippen molar-refractivity contribution >= 4 is 11.9 Å². The van der Waals surface area contributed by atoms with Crippen LogP contribution >= 0.6 is 0 Å². The van der Waals surface area contributed by atoms with Crippen molar-refractivity contribution in [1.29, 1.82) is 0 Å². The largest absolute Gasteiger partial charge is 0.481 e. The number of carbonyl (C=O) groups is 2. The predicted molar refractivity (Wildman–Crippen MR) is 157 cm³/mol. The fraction of sp³-hybridized carbons (Fsp3) is 0.394. The van der Waals surface area contributed by atoms with Gasteiger partial charge >= 0.3 is 11.9 Å². The number of hydrogen-bond donors (Lipinski definition) is 4. The Kier molecular flexibility index (Phi) is 11.9. The first-order valence-corrected chi connectivity index (χ1v) is 14.3. The molecule has 214 valence electrons. The van der Waals surface area contributed by atoms with E-state index in [1.165, 1.54) is 18.4 Å². The van der Waals surface area contributed by atoms with Crippen molar-refractivity contribution in [2.24, 2.45) is 11.8 Å². The summed E-state index contributed by atoms with van der Waals surface area (Å²) in [6.07, 6.45) is 2.72. The van der Waals surface area contributed by atoms with E-state index in [2.05, 4.69) is 49.4 Å². The molecule has 0 fully saturated rings. The van der Waals surface area contributed by atoms with Gasteiger partial charge in [0.25, 0.3) is 0 Å². The van der Waals surface area contributed by atoms with Gasteiger partial charge in [0.15, 0.2) is 0 Å². The first-order chi connectivity index (χ1) is 19.2. The van der Waals surface area contributed by atoms with Crippen molar-refractivity contribution < 1.29 is 35.3 Å². The van der Waals surface area contributed by atoms with Crippen LogP contribution in [0, 0.1) is 11.8 Å². The van der Waals surface area contributed by atoms with Crippen LogP contribution in [-0.4, -0.2) is 66.9 Å². The van der Waals surface area contributed by atoms with Crippen molar-refractivity contribution in [2.45, 2.75) is 32.2 Å². The Morgan fingerprint density at radius 1 is 0.725 bits per heavy atom. The topological polar surface area (TPSA) is 119 Å². The predicted octanol–water partition coefficient (Wildman–Crippen LogP) is 2.70. The van der Waals surface area contributed by atoms with Gasteiger partial charge in [-0.25, -0.2) is 0 Å². The molecule has 7 nitrogen and oxygen atoms in total. The normalized spacial score (nSPS) is 13.1. The number of quaternary nitrogens is 3. The van der Waals surface area contributed by atoms with Gasteiger partial charge in [-0.05, 0) is 35.1 Å². The maximum atomic E-state index is 12.1. The number of carboxylic acids is 2. The van der Waals surface area contributed by atoms with Crippen LogP contribution in [0.3, 0.4) is 0 Å². The van der Waals surface area contributed by atoms with Crippen LogP contribution in [0.5, 0.6) is 0 Å². The number of rotatable bonds is 17. The van der Waals surface area contributed by atoms with Crippen LogP contribution in [0.25, 0.3) is 11.1 Å². The molecule has 3 aromatic carbocycles. The van der Waals surface area contributed by atoms with Crippen LogP contribution in [0.4, 0.5) is 0 Å². The van der Waals surface area contributed by atoms with Gasteiger partial charge in [-0.2, -0.15) is 0 Å². The molecule has 0 saturated heterocycles. The van der Waals surface area contributed by atoms with Crippen molar-refractivity contribution in [2.75, 3.05) is 40.3 Å². The number of nitrogens with zero attached hydrogens (tertiary/aromatic N) is 1. The smallest absolute Gasteiger partial charge is 0.307 e. The van der Waals surface area contributed by atoms with Gasteiger partial charge in [-0.3, -0.25) is 9.59 Å². The van der Waals surface area contributed by atoms with E-state index < -0.39 is 23.8 Å². The summed E-state index contributed by atoms with van der Waals surface area (Å²) >= 11 is 0. The summed E-state index contributed by atoms with van der Waals surface area (Å²) < 4.78 is 0.948. The summed E-state index contributed by atoms with van der Waals surface area (Å²) in [6.45, 7) is 5.44. The molecule has 40 heavy (non-hydrogen) atoms. The van der Waals surface area contributed by atoms with E-state index in [1.807, 2.05) is 54.6 Å². The zero-order valence-corrected chi connectivity index (χ0v) is 24.0. The van der Waals surface area contributed by atoms with Gasteiger partial charge in [0.1, 0.15) is 6.54 Å². The summed E-state index contributed by atoms with van der Waals surface area (Å²) in [5.74, 6) is -4.20. The first-order valence-electron chi connectivity index (χ1n) is 14.3. The molecular weight excluding hydrogens is 502 g/mol. The summed E-state index contributed by atoms with van der Waals surface area (Å²) in [5.41, 5.74) is 8.98. The van der Waals surface area contributed by atoms with Crippen molar-refractivity contribution in [3.8, 4) is 11.1 Å². The molecule has 0 radical (unpaired) electrons. The molecule has 0 aliphatic heterocycles. The summed E-state index contributed by atoms with van der Waals surface area (Å²) in [6, 6.07) is 25.6. The highest BCUT2D eigenvalue weighted by molar-refractivity contribution is 5.80. The Bertz CT molecular complexity index is 1190. The fourth-order valence-corrected chi connectivity index (χ4v) is 5.23. The third-order valence-corrected chi connectivity index (χ3v) is 7.56. The van der Waals surface area contributed by atoms with Crippen LogP contribution in [0.2, 0.25) is 0 Å². The minimum absolute atomic E-state index is 0.166. The van der Waals surface area contributed by atoms with Crippen molar-refractivity contribution in [3.05, 3.63) is 95.6 Å². The molecule has 0 bridgehead atoms. The molecule has 0 saturated carbocycles. The van der Waals surface area contributed by atoms with Crippen molar-refractivity contribution in [3.63, 3.8) is 0 Å². The van der Waals surface area contributed by atoms with Gasteiger partial charge in [0, 0.05) is 18.4 Å². The Labute approximate surface area is 238 Å². The van der Waals surface area contributed by atoms with Crippen molar-refractivity contribution in [1.82, 2.24) is 0 Å². The number of benzene rings is 3. The van der Waals surface area contributed by atoms with Gasteiger partial charge < -0.3 is 25.7 Å². The maximum absolute atomic E-state index is 12.1. The lowest BCUT2D eigenvalue weighted by molar-refractivity contribution is -0.905. The highest BCUT2D eigenvalue weighted by Crippen LogP contribution is 2.26. The first kappa shape index (κ1) is 31.0. The van der Waals surface area contributed by atoms with Crippen LogP contribution in [-0.2, 0) is 29.0 Å². The van der Waals surface area contributed by atoms with E-state index in [0.29, 0.717) is 0 Å². The van der Waals surface area contributed by atoms with Crippen LogP contribution in [0.1, 0.15) is 29.5 Å². The lowest BCUT2D eigenvalue weighted by Crippen LogP contribution is -2.85. The fourth-order valence-electron chi connectivity index (χ4n) is 5.23. The van der Waals surface area contributed by atoms with E-state index in [9.17, 15) is 19.8 Å².